The SMILES string of the molecule is CCCCC(C)NCCC(C)(C)O. The summed E-state index contributed by atoms with van der Waals surface area (Å²) < 4.78 is 0. The number of nitrogens with one attached hydrogen (secondary N) is 1. The molecule has 1 unspecified atom stereocenters. The first-order chi connectivity index (χ1) is 5.95. The maximum Gasteiger partial charge on any atom is 0.0603 e. The number of aliphatic hydroxyl groups is 1. The van der Waals surface area contributed by atoms with E-state index in [1.165, 1.54) is 19.3 Å². The van der Waals surface area contributed by atoms with Crippen LogP contribution in [0.2, 0.25) is 0 Å². The lowest BCUT2D eigenvalue weighted by Crippen LogP contribution is -2.32. The average Bonchev–Trinajstić information content (AvgIpc) is 1.98. The van der Waals surface area contributed by atoms with Crippen molar-refractivity contribution in [3.8, 4) is 0 Å². The Hall–Kier alpha value is -0.0800. The van der Waals surface area contributed by atoms with Crippen molar-refractivity contribution >= 4 is 0 Å². The highest BCUT2D eigenvalue weighted by Crippen LogP contribution is 2.06. The molecule has 0 bridgehead atoms. The van der Waals surface area contributed by atoms with Gasteiger partial charge in [0.15, 0.2) is 0 Å². The lowest BCUT2D eigenvalue weighted by Gasteiger charge is -2.19. The second kappa shape index (κ2) is 6.39. The fourth-order valence-electron chi connectivity index (χ4n) is 1.24. The summed E-state index contributed by atoms with van der Waals surface area (Å²) >= 11 is 0. The van der Waals surface area contributed by atoms with Gasteiger partial charge in [-0.05, 0) is 40.2 Å². The molecule has 0 aliphatic rings. The van der Waals surface area contributed by atoms with Gasteiger partial charge in [-0.15, -0.1) is 0 Å². The standard InChI is InChI=1S/C11H25NO/c1-5-6-7-10(2)12-9-8-11(3,4)13/h10,12-13H,5-9H2,1-4H3. The molecule has 0 aliphatic carbocycles. The summed E-state index contributed by atoms with van der Waals surface area (Å²) in [4.78, 5) is 0. The van der Waals surface area contributed by atoms with Crippen LogP contribution in [0.4, 0.5) is 0 Å². The Morgan fingerprint density at radius 3 is 2.46 bits per heavy atom. The lowest BCUT2D eigenvalue weighted by atomic mass is 10.1. The number of unbranched alkanes of at least 4 members (excludes halogenated alkanes) is 1. The molecule has 0 saturated carbocycles. The van der Waals surface area contributed by atoms with Crippen molar-refractivity contribution in [2.75, 3.05) is 6.54 Å². The summed E-state index contributed by atoms with van der Waals surface area (Å²) in [5.74, 6) is 0. The van der Waals surface area contributed by atoms with E-state index in [9.17, 15) is 5.11 Å². The van der Waals surface area contributed by atoms with Gasteiger partial charge in [-0.2, -0.15) is 0 Å². The van der Waals surface area contributed by atoms with Crippen LogP contribution in [0.1, 0.15) is 53.4 Å². The highest BCUT2D eigenvalue weighted by molar-refractivity contribution is 4.68. The van der Waals surface area contributed by atoms with Gasteiger partial charge in [-0.25, -0.2) is 0 Å². The highest BCUT2D eigenvalue weighted by atomic mass is 16.3. The molecule has 0 aromatic rings. The van der Waals surface area contributed by atoms with Crippen LogP contribution in [-0.4, -0.2) is 23.3 Å². The zero-order valence-corrected chi connectivity index (χ0v) is 9.56. The fraction of sp³-hybridized carbons (Fsp3) is 1.00. The van der Waals surface area contributed by atoms with E-state index in [0.29, 0.717) is 6.04 Å². The van der Waals surface area contributed by atoms with Crippen LogP contribution < -0.4 is 5.32 Å². The zero-order valence-electron chi connectivity index (χ0n) is 9.56. The van der Waals surface area contributed by atoms with Crippen molar-refractivity contribution in [3.05, 3.63) is 0 Å². The molecule has 2 N–H and O–H groups in total. The molecule has 0 rings (SSSR count). The van der Waals surface area contributed by atoms with E-state index in [-0.39, 0.29) is 0 Å². The number of rotatable bonds is 7. The van der Waals surface area contributed by atoms with E-state index < -0.39 is 5.60 Å². The third-order valence-electron chi connectivity index (χ3n) is 2.22. The van der Waals surface area contributed by atoms with Crippen LogP contribution in [-0.2, 0) is 0 Å². The summed E-state index contributed by atoms with van der Waals surface area (Å²) in [6, 6.07) is 0.585. The van der Waals surface area contributed by atoms with Crippen LogP contribution >= 0.6 is 0 Å². The van der Waals surface area contributed by atoms with Crippen LogP contribution in [0, 0.1) is 0 Å². The van der Waals surface area contributed by atoms with Crippen molar-refractivity contribution in [3.63, 3.8) is 0 Å². The molecule has 1 atom stereocenters. The van der Waals surface area contributed by atoms with Crippen molar-refractivity contribution < 1.29 is 5.11 Å². The quantitative estimate of drug-likeness (QED) is 0.641. The third kappa shape index (κ3) is 9.84. The van der Waals surface area contributed by atoms with Crippen molar-refractivity contribution in [1.29, 1.82) is 0 Å². The van der Waals surface area contributed by atoms with Crippen LogP contribution in [0.3, 0.4) is 0 Å². The van der Waals surface area contributed by atoms with Crippen molar-refractivity contribution in [2.45, 2.75) is 65.0 Å². The Morgan fingerprint density at radius 2 is 2.00 bits per heavy atom. The highest BCUT2D eigenvalue weighted by Gasteiger charge is 2.11. The average molecular weight is 187 g/mol. The van der Waals surface area contributed by atoms with E-state index in [1.54, 1.807) is 0 Å². The smallest absolute Gasteiger partial charge is 0.0603 e. The molecule has 0 fully saturated rings. The molecule has 0 amide bonds. The van der Waals surface area contributed by atoms with Crippen molar-refractivity contribution in [1.82, 2.24) is 5.32 Å². The molecule has 0 spiro atoms. The monoisotopic (exact) mass is 187 g/mol. The summed E-state index contributed by atoms with van der Waals surface area (Å²) in [5, 5.41) is 12.9. The Morgan fingerprint density at radius 1 is 1.38 bits per heavy atom. The van der Waals surface area contributed by atoms with E-state index in [0.717, 1.165) is 13.0 Å². The minimum Gasteiger partial charge on any atom is -0.390 e. The molecule has 2 heteroatoms. The molecular weight excluding hydrogens is 162 g/mol. The fourth-order valence-corrected chi connectivity index (χ4v) is 1.24. The van der Waals surface area contributed by atoms with Crippen molar-refractivity contribution in [2.24, 2.45) is 0 Å². The predicted octanol–water partition coefficient (Wildman–Crippen LogP) is 2.32. The summed E-state index contributed by atoms with van der Waals surface area (Å²) in [5.41, 5.74) is -0.530. The Balaban J connectivity index is 3.31. The Labute approximate surface area is 82.7 Å². The molecule has 0 heterocycles. The van der Waals surface area contributed by atoms with Gasteiger partial charge >= 0.3 is 0 Å². The van der Waals surface area contributed by atoms with Gasteiger partial charge in [0.2, 0.25) is 0 Å². The van der Waals surface area contributed by atoms with Gasteiger partial charge in [0.25, 0.3) is 0 Å². The Kier molecular flexibility index (Phi) is 6.35. The van der Waals surface area contributed by atoms with Crippen LogP contribution in [0.15, 0.2) is 0 Å². The number of hydrogen-bond donors (Lipinski definition) is 2. The van der Waals surface area contributed by atoms with Gasteiger partial charge in [0.1, 0.15) is 0 Å². The molecular formula is C11H25NO. The second-order valence-corrected chi connectivity index (χ2v) is 4.56. The van der Waals surface area contributed by atoms with Crippen LogP contribution in [0.5, 0.6) is 0 Å². The van der Waals surface area contributed by atoms with Gasteiger partial charge in [0.05, 0.1) is 5.60 Å². The molecule has 13 heavy (non-hydrogen) atoms. The first-order valence-corrected chi connectivity index (χ1v) is 5.41. The van der Waals surface area contributed by atoms with E-state index in [1.807, 2.05) is 13.8 Å². The van der Waals surface area contributed by atoms with Gasteiger partial charge in [-0.3, -0.25) is 0 Å². The Bertz CT molecular complexity index is 118. The first-order valence-electron chi connectivity index (χ1n) is 5.41. The molecule has 0 aromatic carbocycles. The normalized spacial score (nSPS) is 14.5. The maximum absolute atomic E-state index is 9.47. The molecule has 0 radical (unpaired) electrons. The summed E-state index contributed by atoms with van der Waals surface area (Å²) in [6.07, 6.45) is 4.61. The third-order valence-corrected chi connectivity index (χ3v) is 2.22. The number of hydrogen-bond acceptors (Lipinski definition) is 2. The summed E-state index contributed by atoms with van der Waals surface area (Å²) in [6.45, 7) is 9.04. The van der Waals surface area contributed by atoms with Crippen LogP contribution in [0.25, 0.3) is 0 Å². The maximum atomic E-state index is 9.47. The molecule has 0 saturated heterocycles. The topological polar surface area (TPSA) is 32.3 Å². The molecule has 0 aromatic heterocycles. The summed E-state index contributed by atoms with van der Waals surface area (Å²) in [7, 11) is 0. The van der Waals surface area contributed by atoms with E-state index >= 15 is 0 Å². The molecule has 2 nitrogen and oxygen atoms in total. The molecule has 80 valence electrons. The van der Waals surface area contributed by atoms with Gasteiger partial charge in [0, 0.05) is 6.04 Å². The van der Waals surface area contributed by atoms with E-state index in [4.69, 9.17) is 0 Å². The molecule has 0 aliphatic heterocycles. The second-order valence-electron chi connectivity index (χ2n) is 4.56. The zero-order chi connectivity index (χ0) is 10.3. The van der Waals surface area contributed by atoms with Gasteiger partial charge < -0.3 is 10.4 Å². The first kappa shape index (κ1) is 12.9. The predicted molar refractivity (Wildman–Crippen MR) is 57.9 cm³/mol. The van der Waals surface area contributed by atoms with Gasteiger partial charge in [-0.1, -0.05) is 19.8 Å². The largest absolute Gasteiger partial charge is 0.390 e. The van der Waals surface area contributed by atoms with E-state index in [2.05, 4.69) is 19.2 Å². The minimum absolute atomic E-state index is 0.530. The lowest BCUT2D eigenvalue weighted by molar-refractivity contribution is 0.0704. The minimum atomic E-state index is -0.530.